The van der Waals surface area contributed by atoms with Crippen molar-refractivity contribution in [2.24, 2.45) is 0 Å². The first-order chi connectivity index (χ1) is 10.9. The van der Waals surface area contributed by atoms with E-state index in [1.807, 2.05) is 0 Å². The SMILES string of the molecule is CC1(c2ccccc2)OC(=O)C=C1S(=O)(=O)c1ccccc1Cl. The number of carbonyl (C=O) groups excluding carboxylic acids is 1. The molecule has 1 heterocycles. The summed E-state index contributed by atoms with van der Waals surface area (Å²) in [6, 6.07) is 14.9. The molecule has 1 atom stereocenters. The standard InChI is InChI=1S/C17H13ClO4S/c1-17(12-7-3-2-4-8-12)15(11-16(19)22-17)23(20,21)14-10-6-5-9-13(14)18/h2-11H,1H3. The summed E-state index contributed by atoms with van der Waals surface area (Å²) in [6.07, 6.45) is 1.02. The van der Waals surface area contributed by atoms with E-state index < -0.39 is 21.4 Å². The van der Waals surface area contributed by atoms with E-state index in [2.05, 4.69) is 0 Å². The van der Waals surface area contributed by atoms with Gasteiger partial charge in [-0.15, -0.1) is 0 Å². The molecule has 6 heteroatoms. The molecule has 0 fully saturated rings. The first kappa shape index (κ1) is 15.8. The van der Waals surface area contributed by atoms with Gasteiger partial charge in [-0.25, -0.2) is 13.2 Å². The minimum Gasteiger partial charge on any atom is -0.446 e. The van der Waals surface area contributed by atoms with Crippen molar-refractivity contribution in [2.45, 2.75) is 17.4 Å². The minimum atomic E-state index is -3.97. The van der Waals surface area contributed by atoms with Crippen molar-refractivity contribution in [3.05, 3.63) is 76.2 Å². The molecule has 3 rings (SSSR count). The average Bonchev–Trinajstić information content (AvgIpc) is 2.85. The maximum Gasteiger partial charge on any atom is 0.333 e. The number of ether oxygens (including phenoxy) is 1. The summed E-state index contributed by atoms with van der Waals surface area (Å²) in [5.41, 5.74) is -0.802. The lowest BCUT2D eigenvalue weighted by molar-refractivity contribution is -0.145. The topological polar surface area (TPSA) is 60.4 Å². The molecule has 4 nitrogen and oxygen atoms in total. The number of carbonyl (C=O) groups is 1. The number of hydrogen-bond acceptors (Lipinski definition) is 4. The Hall–Kier alpha value is -2.11. The molecule has 0 amide bonds. The Labute approximate surface area is 139 Å². The van der Waals surface area contributed by atoms with Crippen LogP contribution in [0.1, 0.15) is 12.5 Å². The maximum atomic E-state index is 13.0. The molecule has 1 aliphatic rings. The third-order valence-corrected chi connectivity index (χ3v) is 6.23. The Kier molecular flexibility index (Phi) is 3.78. The zero-order valence-corrected chi connectivity index (χ0v) is 13.8. The van der Waals surface area contributed by atoms with Gasteiger partial charge in [0.1, 0.15) is 4.91 Å². The van der Waals surface area contributed by atoms with E-state index in [1.54, 1.807) is 49.4 Å². The maximum absolute atomic E-state index is 13.0. The van der Waals surface area contributed by atoms with Crippen LogP contribution in [0.15, 0.2) is 70.5 Å². The molecule has 2 aromatic carbocycles. The van der Waals surface area contributed by atoms with E-state index in [0.29, 0.717) is 5.56 Å². The van der Waals surface area contributed by atoms with E-state index in [-0.39, 0.29) is 14.8 Å². The first-order valence-corrected chi connectivity index (χ1v) is 8.72. The van der Waals surface area contributed by atoms with Gasteiger partial charge in [-0.05, 0) is 19.1 Å². The minimum absolute atomic E-state index is 0.0478. The average molecular weight is 349 g/mol. The summed E-state index contributed by atoms with van der Waals surface area (Å²) in [5.74, 6) is -0.693. The Bertz CT molecular complexity index is 903. The van der Waals surface area contributed by atoms with Gasteiger partial charge in [0.2, 0.25) is 9.84 Å². The summed E-state index contributed by atoms with van der Waals surface area (Å²) >= 11 is 6.03. The predicted molar refractivity (Wildman–Crippen MR) is 86.6 cm³/mol. The van der Waals surface area contributed by atoms with E-state index in [4.69, 9.17) is 16.3 Å². The highest BCUT2D eigenvalue weighted by Gasteiger charge is 2.47. The van der Waals surface area contributed by atoms with E-state index >= 15 is 0 Å². The van der Waals surface area contributed by atoms with Gasteiger partial charge in [-0.1, -0.05) is 54.1 Å². The van der Waals surface area contributed by atoms with E-state index in [0.717, 1.165) is 6.08 Å². The van der Waals surface area contributed by atoms with Crippen molar-refractivity contribution >= 4 is 27.4 Å². The van der Waals surface area contributed by atoms with Gasteiger partial charge < -0.3 is 4.74 Å². The molecule has 23 heavy (non-hydrogen) atoms. The van der Waals surface area contributed by atoms with Crippen LogP contribution in [0.5, 0.6) is 0 Å². The summed E-state index contributed by atoms with van der Waals surface area (Å²) in [4.78, 5) is 11.6. The monoisotopic (exact) mass is 348 g/mol. The van der Waals surface area contributed by atoms with Crippen LogP contribution in [0.2, 0.25) is 5.02 Å². The fourth-order valence-corrected chi connectivity index (χ4v) is 4.78. The van der Waals surface area contributed by atoms with Crippen molar-refractivity contribution in [3.8, 4) is 0 Å². The van der Waals surface area contributed by atoms with Crippen LogP contribution in [-0.2, 0) is 25.0 Å². The lowest BCUT2D eigenvalue weighted by Crippen LogP contribution is -2.29. The number of hydrogen-bond donors (Lipinski definition) is 0. The van der Waals surface area contributed by atoms with Gasteiger partial charge in [-0.3, -0.25) is 0 Å². The second kappa shape index (κ2) is 5.51. The van der Waals surface area contributed by atoms with Crippen LogP contribution in [0.3, 0.4) is 0 Å². The molecule has 0 spiro atoms. The Balaban J connectivity index is 2.19. The molecule has 0 bridgehead atoms. The van der Waals surface area contributed by atoms with Gasteiger partial charge in [0.15, 0.2) is 5.60 Å². The molecule has 0 radical (unpaired) electrons. The highest BCUT2D eigenvalue weighted by Crippen LogP contribution is 2.43. The number of esters is 1. The second-order valence-electron chi connectivity index (χ2n) is 5.26. The van der Waals surface area contributed by atoms with Gasteiger partial charge in [-0.2, -0.15) is 0 Å². The molecule has 0 aromatic heterocycles. The van der Waals surface area contributed by atoms with Gasteiger partial charge >= 0.3 is 5.97 Å². The summed E-state index contributed by atoms with van der Waals surface area (Å²) in [7, 11) is -3.97. The summed E-state index contributed by atoms with van der Waals surface area (Å²) < 4.78 is 31.4. The van der Waals surface area contributed by atoms with E-state index in [1.165, 1.54) is 12.1 Å². The Morgan fingerprint density at radius 1 is 1.00 bits per heavy atom. The number of sulfone groups is 1. The number of rotatable bonds is 3. The molecule has 118 valence electrons. The Morgan fingerprint density at radius 2 is 1.61 bits per heavy atom. The molecule has 2 aromatic rings. The van der Waals surface area contributed by atoms with Crippen LogP contribution in [0, 0.1) is 0 Å². The molecule has 1 unspecified atom stereocenters. The number of halogens is 1. The summed E-state index contributed by atoms with van der Waals surface area (Å²) in [6.45, 7) is 1.56. The third kappa shape index (κ3) is 2.56. The molecular formula is C17H13ClO4S. The Morgan fingerprint density at radius 3 is 2.26 bits per heavy atom. The lowest BCUT2D eigenvalue weighted by Gasteiger charge is -2.27. The lowest BCUT2D eigenvalue weighted by atomic mass is 9.96. The zero-order chi connectivity index (χ0) is 16.7. The first-order valence-electron chi connectivity index (χ1n) is 6.86. The molecular weight excluding hydrogens is 336 g/mol. The second-order valence-corrected chi connectivity index (χ2v) is 7.56. The van der Waals surface area contributed by atoms with Gasteiger partial charge in [0, 0.05) is 11.6 Å². The number of benzene rings is 2. The van der Waals surface area contributed by atoms with Crippen LogP contribution >= 0.6 is 11.6 Å². The van der Waals surface area contributed by atoms with Crippen molar-refractivity contribution in [1.82, 2.24) is 0 Å². The van der Waals surface area contributed by atoms with Gasteiger partial charge in [0.05, 0.1) is 9.92 Å². The van der Waals surface area contributed by atoms with E-state index in [9.17, 15) is 13.2 Å². The largest absolute Gasteiger partial charge is 0.446 e. The smallest absolute Gasteiger partial charge is 0.333 e. The van der Waals surface area contributed by atoms with Gasteiger partial charge in [0.25, 0.3) is 0 Å². The fraction of sp³-hybridized carbons (Fsp3) is 0.118. The molecule has 0 saturated carbocycles. The van der Waals surface area contributed by atoms with Crippen LogP contribution < -0.4 is 0 Å². The van der Waals surface area contributed by atoms with Crippen molar-refractivity contribution in [1.29, 1.82) is 0 Å². The normalized spacial score (nSPS) is 21.0. The van der Waals surface area contributed by atoms with Crippen molar-refractivity contribution in [2.75, 3.05) is 0 Å². The molecule has 1 aliphatic heterocycles. The molecule has 0 aliphatic carbocycles. The van der Waals surface area contributed by atoms with Crippen LogP contribution in [0.4, 0.5) is 0 Å². The molecule has 0 N–H and O–H groups in total. The highest BCUT2D eigenvalue weighted by atomic mass is 35.5. The van der Waals surface area contributed by atoms with Crippen molar-refractivity contribution in [3.63, 3.8) is 0 Å². The quantitative estimate of drug-likeness (QED) is 0.797. The fourth-order valence-electron chi connectivity index (χ4n) is 2.60. The third-order valence-electron chi connectivity index (χ3n) is 3.76. The number of cyclic esters (lactones) is 1. The van der Waals surface area contributed by atoms with Crippen molar-refractivity contribution < 1.29 is 17.9 Å². The molecule has 0 saturated heterocycles. The highest BCUT2D eigenvalue weighted by molar-refractivity contribution is 7.95. The zero-order valence-electron chi connectivity index (χ0n) is 12.2. The predicted octanol–water partition coefficient (Wildman–Crippen LogP) is 3.47. The van der Waals surface area contributed by atoms with Crippen LogP contribution in [-0.4, -0.2) is 14.4 Å². The summed E-state index contributed by atoms with van der Waals surface area (Å²) in [5, 5.41) is 0.100. The van der Waals surface area contributed by atoms with Crippen LogP contribution in [0.25, 0.3) is 0 Å².